The zero-order valence-corrected chi connectivity index (χ0v) is 13.7. The summed E-state index contributed by atoms with van der Waals surface area (Å²) in [5.74, 6) is 1.90. The average Bonchev–Trinajstić information content (AvgIpc) is 2.96. The van der Waals surface area contributed by atoms with Gasteiger partial charge in [0, 0.05) is 5.38 Å². The van der Waals surface area contributed by atoms with Gasteiger partial charge >= 0.3 is 0 Å². The van der Waals surface area contributed by atoms with E-state index in [9.17, 15) is 0 Å². The summed E-state index contributed by atoms with van der Waals surface area (Å²) >= 11 is 7.39. The fourth-order valence-corrected chi connectivity index (χ4v) is 3.06. The Morgan fingerprint density at radius 1 is 1.30 bits per heavy atom. The Balaban J connectivity index is 2.17. The number of aromatic nitrogens is 1. The molecule has 0 radical (unpaired) electrons. The summed E-state index contributed by atoms with van der Waals surface area (Å²) in [5, 5.41) is 2.96. The number of thiazole rings is 1. The van der Waals surface area contributed by atoms with E-state index in [2.05, 4.69) is 31.0 Å². The van der Waals surface area contributed by atoms with Gasteiger partial charge < -0.3 is 4.74 Å². The van der Waals surface area contributed by atoms with Gasteiger partial charge in [0.15, 0.2) is 0 Å². The van der Waals surface area contributed by atoms with Crippen LogP contribution in [0.1, 0.15) is 55.5 Å². The summed E-state index contributed by atoms with van der Waals surface area (Å²) in [6, 6.07) is 8.25. The van der Waals surface area contributed by atoms with Crippen LogP contribution in [0.25, 0.3) is 0 Å². The molecule has 0 spiro atoms. The van der Waals surface area contributed by atoms with Crippen LogP contribution in [0.3, 0.4) is 0 Å². The molecule has 4 heteroatoms. The molecule has 1 aromatic carbocycles. The molecule has 2 nitrogen and oxygen atoms in total. The number of alkyl halides is 1. The predicted molar refractivity (Wildman–Crippen MR) is 85.9 cm³/mol. The Morgan fingerprint density at radius 2 is 2.05 bits per heavy atom. The predicted octanol–water partition coefficient (Wildman–Crippen LogP) is 5.54. The summed E-state index contributed by atoms with van der Waals surface area (Å²) in [5.41, 5.74) is 2.17. The van der Waals surface area contributed by atoms with Crippen molar-refractivity contribution in [3.63, 3.8) is 0 Å². The molecule has 20 heavy (non-hydrogen) atoms. The Morgan fingerprint density at radius 3 is 2.70 bits per heavy atom. The fourth-order valence-electron chi connectivity index (χ4n) is 2.03. The third kappa shape index (κ3) is 3.53. The standard InChI is InChI=1S/C16H20ClNOS/c1-4-11(2)14-7-5-6-8-15(14)19-12(3)16-18-13(9-17)10-20-16/h5-8,10-12H,4,9H2,1-3H3. The number of hydrogen-bond donors (Lipinski definition) is 0. The molecule has 2 aromatic rings. The first-order valence-corrected chi connectivity index (χ1v) is 8.33. The van der Waals surface area contributed by atoms with Crippen LogP contribution in [0.4, 0.5) is 0 Å². The Bertz CT molecular complexity index is 555. The lowest BCUT2D eigenvalue weighted by atomic mass is 9.98. The first kappa shape index (κ1) is 15.3. The van der Waals surface area contributed by atoms with E-state index in [0.717, 1.165) is 22.9 Å². The van der Waals surface area contributed by atoms with Crippen molar-refractivity contribution < 1.29 is 4.74 Å². The van der Waals surface area contributed by atoms with Crippen molar-refractivity contribution in [1.82, 2.24) is 4.98 Å². The molecule has 1 heterocycles. The summed E-state index contributed by atoms with van der Waals surface area (Å²) in [4.78, 5) is 4.48. The van der Waals surface area contributed by atoms with Crippen LogP contribution in [0, 0.1) is 0 Å². The van der Waals surface area contributed by atoms with Crippen LogP contribution in [0.5, 0.6) is 5.75 Å². The van der Waals surface area contributed by atoms with Gasteiger partial charge in [0.1, 0.15) is 16.9 Å². The van der Waals surface area contributed by atoms with Crippen molar-refractivity contribution in [1.29, 1.82) is 0 Å². The van der Waals surface area contributed by atoms with Gasteiger partial charge in [0.2, 0.25) is 0 Å². The van der Waals surface area contributed by atoms with Crippen LogP contribution >= 0.6 is 22.9 Å². The van der Waals surface area contributed by atoms with E-state index in [1.54, 1.807) is 11.3 Å². The molecule has 1 aromatic heterocycles. The molecule has 0 aliphatic carbocycles. The third-order valence-corrected chi connectivity index (χ3v) is 4.75. The number of para-hydroxylation sites is 1. The van der Waals surface area contributed by atoms with Gasteiger partial charge in [0.25, 0.3) is 0 Å². The minimum absolute atomic E-state index is 0.0535. The fraction of sp³-hybridized carbons (Fsp3) is 0.438. The molecule has 0 N–H and O–H groups in total. The van der Waals surface area contributed by atoms with Gasteiger partial charge in [-0.1, -0.05) is 32.0 Å². The van der Waals surface area contributed by atoms with Crippen LogP contribution in [-0.4, -0.2) is 4.98 Å². The second-order valence-corrected chi connectivity index (χ2v) is 6.07. The van der Waals surface area contributed by atoms with E-state index in [1.165, 1.54) is 5.56 Å². The van der Waals surface area contributed by atoms with Crippen molar-refractivity contribution in [2.24, 2.45) is 0 Å². The Labute approximate surface area is 129 Å². The van der Waals surface area contributed by atoms with Gasteiger partial charge in [-0.2, -0.15) is 0 Å². The molecule has 108 valence electrons. The Kier molecular flexibility index (Phi) is 5.44. The normalized spacial score (nSPS) is 14.0. The maximum Gasteiger partial charge on any atom is 0.147 e. The maximum absolute atomic E-state index is 6.12. The lowest BCUT2D eigenvalue weighted by Gasteiger charge is -2.18. The van der Waals surface area contributed by atoms with Crippen molar-refractivity contribution in [3.8, 4) is 5.75 Å². The highest BCUT2D eigenvalue weighted by atomic mass is 35.5. The largest absolute Gasteiger partial charge is 0.483 e. The molecule has 0 amide bonds. The van der Waals surface area contributed by atoms with Crippen LogP contribution < -0.4 is 4.74 Å². The van der Waals surface area contributed by atoms with Crippen molar-refractivity contribution in [3.05, 3.63) is 45.9 Å². The molecule has 2 atom stereocenters. The number of halogens is 1. The second kappa shape index (κ2) is 7.09. The molecule has 0 aliphatic heterocycles. The SMILES string of the molecule is CCC(C)c1ccccc1OC(C)c1nc(CCl)cs1. The zero-order chi connectivity index (χ0) is 14.5. The van der Waals surface area contributed by atoms with Gasteiger partial charge in [-0.3, -0.25) is 0 Å². The van der Waals surface area contributed by atoms with Crippen LogP contribution in [-0.2, 0) is 5.88 Å². The van der Waals surface area contributed by atoms with E-state index in [-0.39, 0.29) is 6.10 Å². The highest BCUT2D eigenvalue weighted by Gasteiger charge is 2.15. The summed E-state index contributed by atoms with van der Waals surface area (Å²) in [7, 11) is 0. The lowest BCUT2D eigenvalue weighted by molar-refractivity contribution is 0.223. The van der Waals surface area contributed by atoms with Gasteiger partial charge in [-0.25, -0.2) is 4.98 Å². The van der Waals surface area contributed by atoms with E-state index >= 15 is 0 Å². The number of hydrogen-bond acceptors (Lipinski definition) is 3. The molecule has 2 rings (SSSR count). The van der Waals surface area contributed by atoms with E-state index < -0.39 is 0 Å². The lowest BCUT2D eigenvalue weighted by Crippen LogP contribution is -2.06. The van der Waals surface area contributed by atoms with Gasteiger partial charge in [-0.15, -0.1) is 22.9 Å². The molecule has 0 saturated heterocycles. The highest BCUT2D eigenvalue weighted by Crippen LogP contribution is 2.32. The van der Waals surface area contributed by atoms with Gasteiger partial charge in [-0.05, 0) is 30.9 Å². The average molecular weight is 310 g/mol. The zero-order valence-electron chi connectivity index (χ0n) is 12.1. The molecule has 0 saturated carbocycles. The van der Waals surface area contributed by atoms with E-state index in [1.807, 2.05) is 24.4 Å². The molecule has 0 bridgehead atoms. The second-order valence-electron chi connectivity index (χ2n) is 4.92. The van der Waals surface area contributed by atoms with Crippen LogP contribution in [0.15, 0.2) is 29.6 Å². The smallest absolute Gasteiger partial charge is 0.147 e. The summed E-state index contributed by atoms with van der Waals surface area (Å²) in [6.07, 6.45) is 1.05. The minimum Gasteiger partial charge on any atom is -0.483 e. The molecule has 0 aliphatic rings. The first-order valence-electron chi connectivity index (χ1n) is 6.91. The quantitative estimate of drug-likeness (QED) is 0.654. The minimum atomic E-state index is -0.0535. The molecular formula is C16H20ClNOS. The van der Waals surface area contributed by atoms with Crippen molar-refractivity contribution in [2.45, 2.75) is 45.1 Å². The summed E-state index contributed by atoms with van der Waals surface area (Å²) in [6.45, 7) is 6.45. The number of ether oxygens (including phenoxy) is 1. The summed E-state index contributed by atoms with van der Waals surface area (Å²) < 4.78 is 6.12. The van der Waals surface area contributed by atoms with Crippen molar-refractivity contribution >= 4 is 22.9 Å². The molecular weight excluding hydrogens is 290 g/mol. The van der Waals surface area contributed by atoms with Crippen LogP contribution in [0.2, 0.25) is 0 Å². The Hall–Kier alpha value is -1.06. The molecule has 2 unspecified atom stereocenters. The van der Waals surface area contributed by atoms with E-state index in [4.69, 9.17) is 16.3 Å². The number of benzene rings is 1. The van der Waals surface area contributed by atoms with Crippen molar-refractivity contribution in [2.75, 3.05) is 0 Å². The van der Waals surface area contributed by atoms with E-state index in [0.29, 0.717) is 11.8 Å². The highest BCUT2D eigenvalue weighted by molar-refractivity contribution is 7.09. The maximum atomic E-state index is 6.12. The van der Waals surface area contributed by atoms with Gasteiger partial charge in [0.05, 0.1) is 11.6 Å². The monoisotopic (exact) mass is 309 g/mol. The molecule has 0 fully saturated rings. The number of nitrogens with zero attached hydrogens (tertiary/aromatic N) is 1. The third-order valence-electron chi connectivity index (χ3n) is 3.42. The number of rotatable bonds is 6. The topological polar surface area (TPSA) is 22.1 Å². The first-order chi connectivity index (χ1) is 9.65.